The number of carboxylic acids is 1. The Hall–Kier alpha value is -4.02. The molecule has 11 nitrogen and oxygen atoms in total. The molecule has 1 aromatic carbocycles. The smallest absolute Gasteiger partial charge is 0.303 e. The molecule has 3 aromatic rings. The van der Waals surface area contributed by atoms with Crippen LogP contribution in [0.2, 0.25) is 0 Å². The Morgan fingerprint density at radius 1 is 1.17 bits per heavy atom. The first-order chi connectivity index (χ1) is 16.8. The molecule has 0 spiro atoms. The van der Waals surface area contributed by atoms with E-state index < -0.39 is 5.97 Å². The average molecular weight is 495 g/mol. The molecule has 0 fully saturated rings. The van der Waals surface area contributed by atoms with Gasteiger partial charge in [-0.15, -0.1) is 0 Å². The zero-order chi connectivity index (χ0) is 26.6. The lowest BCUT2D eigenvalue weighted by atomic mass is 9.95. The number of carbonyl (C=O) groups is 2. The van der Waals surface area contributed by atoms with Gasteiger partial charge in [0.2, 0.25) is 5.95 Å². The fraction of sp³-hybridized carbons (Fsp3) is 0.440. The highest BCUT2D eigenvalue weighted by Crippen LogP contribution is 2.28. The van der Waals surface area contributed by atoms with Crippen LogP contribution in [-0.2, 0) is 11.3 Å². The van der Waals surface area contributed by atoms with Crippen LogP contribution < -0.4 is 21.7 Å². The number of hydrogen-bond donors (Lipinski definition) is 4. The van der Waals surface area contributed by atoms with Gasteiger partial charge in [-0.05, 0) is 49.4 Å². The summed E-state index contributed by atoms with van der Waals surface area (Å²) < 4.78 is 0. The topological polar surface area (TPSA) is 173 Å². The molecule has 1 unspecified atom stereocenters. The zero-order valence-corrected chi connectivity index (χ0v) is 21.4. The molecule has 3 rings (SSSR count). The first kappa shape index (κ1) is 26.6. The standard InChI is InChI=1S/C25H34N8O3/c1-14-10-16(23(36)29-15(2)6-9-19(34)35)7-8-18(14)33(13-25(3,4)5)12-17-11-28-22-20(30-17)21(26)31-24(27)32-22/h7-8,10-11,15H,6,9,12-13H2,1-5H3,(H,29,36)(H,34,35)(H4,26,27,28,31,32). The van der Waals surface area contributed by atoms with E-state index in [1.54, 1.807) is 19.2 Å². The monoisotopic (exact) mass is 494 g/mol. The molecule has 0 saturated heterocycles. The van der Waals surface area contributed by atoms with Crippen molar-refractivity contribution in [1.82, 2.24) is 25.3 Å². The van der Waals surface area contributed by atoms with Crippen molar-refractivity contribution in [1.29, 1.82) is 0 Å². The molecule has 36 heavy (non-hydrogen) atoms. The van der Waals surface area contributed by atoms with Crippen molar-refractivity contribution < 1.29 is 14.7 Å². The lowest BCUT2D eigenvalue weighted by Crippen LogP contribution is -2.34. The molecule has 0 aliphatic carbocycles. The third-order valence-electron chi connectivity index (χ3n) is 5.49. The largest absolute Gasteiger partial charge is 0.481 e. The minimum Gasteiger partial charge on any atom is -0.481 e. The predicted octanol–water partition coefficient (Wildman–Crippen LogP) is 2.93. The van der Waals surface area contributed by atoms with Gasteiger partial charge in [0.1, 0.15) is 0 Å². The lowest BCUT2D eigenvalue weighted by molar-refractivity contribution is -0.137. The molecule has 0 saturated carbocycles. The molecule has 0 bridgehead atoms. The number of anilines is 3. The highest BCUT2D eigenvalue weighted by Gasteiger charge is 2.21. The Labute approximate surface area is 210 Å². The van der Waals surface area contributed by atoms with Crippen LogP contribution in [0.1, 0.15) is 62.2 Å². The number of nitrogens with two attached hydrogens (primary N) is 2. The lowest BCUT2D eigenvalue weighted by Gasteiger charge is -2.33. The van der Waals surface area contributed by atoms with E-state index in [0.29, 0.717) is 35.4 Å². The van der Waals surface area contributed by atoms with Crippen LogP contribution in [0.15, 0.2) is 24.4 Å². The van der Waals surface area contributed by atoms with Crippen molar-refractivity contribution in [2.45, 2.75) is 60.0 Å². The Bertz CT molecular complexity index is 1270. The van der Waals surface area contributed by atoms with Gasteiger partial charge < -0.3 is 26.8 Å². The van der Waals surface area contributed by atoms with Gasteiger partial charge in [0, 0.05) is 30.3 Å². The fourth-order valence-corrected chi connectivity index (χ4v) is 3.92. The summed E-state index contributed by atoms with van der Waals surface area (Å²) in [6.07, 6.45) is 2.02. The summed E-state index contributed by atoms with van der Waals surface area (Å²) in [4.78, 5) is 42.8. The second kappa shape index (κ2) is 10.7. The number of aryl methyl sites for hydroxylation is 1. The second-order valence-electron chi connectivity index (χ2n) is 10.2. The number of carbonyl (C=O) groups excluding carboxylic acids is 1. The van der Waals surface area contributed by atoms with Crippen LogP contribution in [0.25, 0.3) is 11.2 Å². The maximum absolute atomic E-state index is 12.7. The summed E-state index contributed by atoms with van der Waals surface area (Å²) in [6, 6.07) is 5.29. The van der Waals surface area contributed by atoms with Gasteiger partial charge in [0.15, 0.2) is 17.0 Å². The summed E-state index contributed by atoms with van der Waals surface area (Å²) in [5.74, 6) is -0.892. The number of nitrogens with zero attached hydrogens (tertiary/aromatic N) is 5. The molecule has 0 aliphatic rings. The van der Waals surface area contributed by atoms with E-state index in [9.17, 15) is 9.59 Å². The molecular weight excluding hydrogens is 460 g/mol. The van der Waals surface area contributed by atoms with Gasteiger partial charge in [-0.1, -0.05) is 20.8 Å². The quantitative estimate of drug-likeness (QED) is 0.346. The summed E-state index contributed by atoms with van der Waals surface area (Å²) in [7, 11) is 0. The molecule has 2 aromatic heterocycles. The number of aliphatic carboxylic acids is 1. The van der Waals surface area contributed by atoms with Crippen molar-refractivity contribution in [3.63, 3.8) is 0 Å². The van der Waals surface area contributed by atoms with Gasteiger partial charge >= 0.3 is 5.97 Å². The first-order valence-corrected chi connectivity index (χ1v) is 11.8. The van der Waals surface area contributed by atoms with Crippen molar-refractivity contribution >= 4 is 40.5 Å². The highest BCUT2D eigenvalue weighted by atomic mass is 16.4. The maximum atomic E-state index is 12.7. The van der Waals surface area contributed by atoms with Crippen LogP contribution in [0, 0.1) is 12.3 Å². The predicted molar refractivity (Wildman–Crippen MR) is 139 cm³/mol. The summed E-state index contributed by atoms with van der Waals surface area (Å²) >= 11 is 0. The fourth-order valence-electron chi connectivity index (χ4n) is 3.92. The number of nitrogen functional groups attached to an aromatic ring is 2. The molecule has 11 heteroatoms. The number of nitrogens with one attached hydrogen (secondary N) is 1. The third kappa shape index (κ3) is 7.00. The number of aromatic nitrogens is 4. The van der Waals surface area contributed by atoms with E-state index >= 15 is 0 Å². The molecule has 6 N–H and O–H groups in total. The Kier molecular flexibility index (Phi) is 7.91. The van der Waals surface area contributed by atoms with Crippen LogP contribution in [0.5, 0.6) is 0 Å². The van der Waals surface area contributed by atoms with Crippen LogP contribution >= 0.6 is 0 Å². The second-order valence-corrected chi connectivity index (χ2v) is 10.2. The number of benzene rings is 1. The summed E-state index contributed by atoms with van der Waals surface area (Å²) in [6.45, 7) is 11.4. The summed E-state index contributed by atoms with van der Waals surface area (Å²) in [5, 5.41) is 11.7. The van der Waals surface area contributed by atoms with Gasteiger partial charge in [-0.25, -0.2) is 9.97 Å². The number of fused-ring (bicyclic) bond motifs is 1. The van der Waals surface area contributed by atoms with Gasteiger partial charge in [-0.2, -0.15) is 9.97 Å². The number of carboxylic acid groups (broad SMARTS) is 1. The van der Waals surface area contributed by atoms with Crippen molar-refractivity contribution in [2.75, 3.05) is 22.9 Å². The maximum Gasteiger partial charge on any atom is 0.303 e. The first-order valence-electron chi connectivity index (χ1n) is 11.8. The van der Waals surface area contributed by atoms with Gasteiger partial charge in [0.05, 0.1) is 18.4 Å². The van der Waals surface area contributed by atoms with Crippen LogP contribution in [0.3, 0.4) is 0 Å². The zero-order valence-electron chi connectivity index (χ0n) is 21.4. The summed E-state index contributed by atoms with van der Waals surface area (Å²) in [5.41, 5.74) is 15.5. The van der Waals surface area contributed by atoms with Crippen molar-refractivity contribution in [2.24, 2.45) is 5.41 Å². The Morgan fingerprint density at radius 2 is 1.89 bits per heavy atom. The van der Waals surface area contributed by atoms with E-state index in [1.807, 2.05) is 19.1 Å². The van der Waals surface area contributed by atoms with E-state index in [2.05, 4.69) is 50.9 Å². The highest BCUT2D eigenvalue weighted by molar-refractivity contribution is 5.95. The molecule has 192 valence electrons. The van der Waals surface area contributed by atoms with E-state index in [-0.39, 0.29) is 35.6 Å². The number of hydrogen-bond acceptors (Lipinski definition) is 9. The minimum atomic E-state index is -0.884. The number of rotatable bonds is 9. The minimum absolute atomic E-state index is 0.00397. The Morgan fingerprint density at radius 3 is 2.53 bits per heavy atom. The van der Waals surface area contributed by atoms with Gasteiger partial charge in [-0.3, -0.25) is 9.59 Å². The molecule has 1 atom stereocenters. The molecular formula is C25H34N8O3. The molecule has 0 aliphatic heterocycles. The van der Waals surface area contributed by atoms with E-state index in [4.69, 9.17) is 16.6 Å². The Balaban J connectivity index is 1.85. The van der Waals surface area contributed by atoms with Crippen LogP contribution in [-0.4, -0.2) is 49.5 Å². The van der Waals surface area contributed by atoms with Gasteiger partial charge in [0.25, 0.3) is 5.91 Å². The molecule has 2 heterocycles. The molecule has 0 radical (unpaired) electrons. The van der Waals surface area contributed by atoms with Crippen LogP contribution in [0.4, 0.5) is 17.5 Å². The normalized spacial score (nSPS) is 12.4. The van der Waals surface area contributed by atoms with Crippen molar-refractivity contribution in [3.8, 4) is 0 Å². The average Bonchev–Trinajstić information content (AvgIpc) is 2.76. The van der Waals surface area contributed by atoms with E-state index in [1.165, 1.54) is 0 Å². The number of amides is 1. The SMILES string of the molecule is Cc1cc(C(=O)NC(C)CCC(=O)O)ccc1N(Cc1cnc2nc(N)nc(N)c2n1)CC(C)(C)C. The third-order valence-corrected chi connectivity index (χ3v) is 5.49. The van der Waals surface area contributed by atoms with Crippen molar-refractivity contribution in [3.05, 3.63) is 41.2 Å². The molecule has 1 amide bonds. The van der Waals surface area contributed by atoms with E-state index in [0.717, 1.165) is 17.8 Å².